The second kappa shape index (κ2) is 5.00. The molecule has 6 heteroatoms. The third-order valence-electron chi connectivity index (χ3n) is 3.30. The van der Waals surface area contributed by atoms with Gasteiger partial charge in [0.05, 0.1) is 18.2 Å². The molecular formula is C16H12O6. The third kappa shape index (κ3) is 2.10. The molecule has 3 rings (SSSR count). The zero-order valence-electron chi connectivity index (χ0n) is 11.5. The number of aromatic hydroxyl groups is 3. The van der Waals surface area contributed by atoms with E-state index in [1.54, 1.807) is 18.2 Å². The summed E-state index contributed by atoms with van der Waals surface area (Å²) in [6.07, 6.45) is 1.55. The van der Waals surface area contributed by atoms with Crippen LogP contribution in [0.25, 0.3) is 11.6 Å². The highest BCUT2D eigenvalue weighted by Gasteiger charge is 2.33. The van der Waals surface area contributed by atoms with E-state index >= 15 is 0 Å². The molecule has 1 aliphatic rings. The van der Waals surface area contributed by atoms with Crippen LogP contribution in [-0.4, -0.2) is 28.4 Å². The smallest absolute Gasteiger partial charge is 0.344 e. The molecule has 0 aliphatic carbocycles. The van der Waals surface area contributed by atoms with Gasteiger partial charge in [-0.05, 0) is 23.8 Å². The van der Waals surface area contributed by atoms with Crippen LogP contribution < -0.4 is 9.47 Å². The summed E-state index contributed by atoms with van der Waals surface area (Å²) in [4.78, 5) is 12.0. The number of rotatable bonds is 2. The number of methoxy groups -OCH3 is 1. The van der Waals surface area contributed by atoms with Crippen LogP contribution in [-0.2, 0) is 4.79 Å². The van der Waals surface area contributed by atoms with Gasteiger partial charge in [0.1, 0.15) is 11.5 Å². The molecule has 2 aromatic carbocycles. The average molecular weight is 300 g/mol. The standard InChI is InChI=1S/C16H12O6/c1-21-15-13-10(6-8-2-4-9(17)5-3-8)16(20)22-12(13)7-11(18)14(15)19/h2-7,17-19H,1H3/b10-6+. The maximum Gasteiger partial charge on any atom is 0.344 e. The van der Waals surface area contributed by atoms with Gasteiger partial charge in [0.25, 0.3) is 0 Å². The van der Waals surface area contributed by atoms with Crippen LogP contribution in [0.15, 0.2) is 30.3 Å². The van der Waals surface area contributed by atoms with Gasteiger partial charge in [-0.1, -0.05) is 12.1 Å². The van der Waals surface area contributed by atoms with Crippen LogP contribution in [0.3, 0.4) is 0 Å². The number of phenolic OH excluding ortho intramolecular Hbond substituents is 3. The molecule has 0 aromatic heterocycles. The Morgan fingerprint density at radius 2 is 1.82 bits per heavy atom. The normalized spacial score (nSPS) is 14.8. The van der Waals surface area contributed by atoms with Crippen molar-refractivity contribution >= 4 is 17.6 Å². The first-order valence-electron chi connectivity index (χ1n) is 6.37. The van der Waals surface area contributed by atoms with Crippen LogP contribution >= 0.6 is 0 Å². The molecule has 0 bridgehead atoms. The highest BCUT2D eigenvalue weighted by atomic mass is 16.5. The molecule has 0 atom stereocenters. The Bertz CT molecular complexity index is 789. The Balaban J connectivity index is 2.19. The van der Waals surface area contributed by atoms with E-state index in [-0.39, 0.29) is 28.4 Å². The van der Waals surface area contributed by atoms with Gasteiger partial charge < -0.3 is 24.8 Å². The number of carbonyl (C=O) groups excluding carboxylic acids is 1. The zero-order chi connectivity index (χ0) is 15.9. The van der Waals surface area contributed by atoms with Crippen molar-refractivity contribution in [2.75, 3.05) is 7.11 Å². The van der Waals surface area contributed by atoms with Gasteiger partial charge in [-0.3, -0.25) is 0 Å². The number of hydrogen-bond donors (Lipinski definition) is 3. The van der Waals surface area contributed by atoms with Gasteiger partial charge in [-0.15, -0.1) is 0 Å². The first-order valence-corrected chi connectivity index (χ1v) is 6.37. The van der Waals surface area contributed by atoms with Crippen LogP contribution in [0.4, 0.5) is 0 Å². The van der Waals surface area contributed by atoms with Gasteiger partial charge >= 0.3 is 5.97 Å². The molecule has 0 fully saturated rings. The summed E-state index contributed by atoms with van der Waals surface area (Å²) in [5.41, 5.74) is 1.12. The fourth-order valence-corrected chi connectivity index (χ4v) is 2.27. The van der Waals surface area contributed by atoms with E-state index in [1.807, 2.05) is 0 Å². The van der Waals surface area contributed by atoms with Crippen molar-refractivity contribution in [3.8, 4) is 28.7 Å². The zero-order valence-corrected chi connectivity index (χ0v) is 11.5. The van der Waals surface area contributed by atoms with E-state index in [0.29, 0.717) is 5.56 Å². The van der Waals surface area contributed by atoms with E-state index in [0.717, 1.165) is 6.07 Å². The van der Waals surface area contributed by atoms with Crippen molar-refractivity contribution < 1.29 is 29.6 Å². The monoisotopic (exact) mass is 300 g/mol. The molecule has 0 saturated carbocycles. The maximum absolute atomic E-state index is 12.0. The summed E-state index contributed by atoms with van der Waals surface area (Å²) in [5, 5.41) is 28.8. The van der Waals surface area contributed by atoms with Crippen molar-refractivity contribution in [3.05, 3.63) is 41.5 Å². The predicted molar refractivity (Wildman–Crippen MR) is 77.9 cm³/mol. The molecule has 3 N–H and O–H groups in total. The lowest BCUT2D eigenvalue weighted by Gasteiger charge is -2.09. The van der Waals surface area contributed by atoms with Crippen molar-refractivity contribution in [3.63, 3.8) is 0 Å². The average Bonchev–Trinajstić information content (AvgIpc) is 2.79. The molecule has 112 valence electrons. The molecule has 0 saturated heterocycles. The highest BCUT2D eigenvalue weighted by molar-refractivity contribution is 6.27. The molecule has 2 aromatic rings. The van der Waals surface area contributed by atoms with Crippen molar-refractivity contribution in [2.45, 2.75) is 0 Å². The third-order valence-corrected chi connectivity index (χ3v) is 3.30. The minimum Gasteiger partial charge on any atom is -0.508 e. The molecule has 0 unspecified atom stereocenters. The van der Waals surface area contributed by atoms with Crippen molar-refractivity contribution in [1.29, 1.82) is 0 Å². The second-order valence-electron chi connectivity index (χ2n) is 4.69. The summed E-state index contributed by atoms with van der Waals surface area (Å²) in [6, 6.07) is 7.38. The van der Waals surface area contributed by atoms with E-state index < -0.39 is 17.5 Å². The summed E-state index contributed by atoms with van der Waals surface area (Å²) in [7, 11) is 1.32. The highest BCUT2D eigenvalue weighted by Crippen LogP contribution is 2.50. The first kappa shape index (κ1) is 13.8. The fraction of sp³-hybridized carbons (Fsp3) is 0.0625. The maximum atomic E-state index is 12.0. The first-order chi connectivity index (χ1) is 10.5. The number of ether oxygens (including phenoxy) is 2. The lowest BCUT2D eigenvalue weighted by Crippen LogP contribution is -2.00. The summed E-state index contributed by atoms with van der Waals surface area (Å²) in [6.45, 7) is 0. The predicted octanol–water partition coefficient (Wildman–Crippen LogP) is 2.27. The fourth-order valence-electron chi connectivity index (χ4n) is 2.27. The van der Waals surface area contributed by atoms with Crippen LogP contribution in [0.5, 0.6) is 28.7 Å². The Morgan fingerprint density at radius 3 is 2.45 bits per heavy atom. The largest absolute Gasteiger partial charge is 0.508 e. The topological polar surface area (TPSA) is 96.2 Å². The van der Waals surface area contributed by atoms with Crippen LogP contribution in [0, 0.1) is 0 Å². The van der Waals surface area contributed by atoms with Crippen molar-refractivity contribution in [2.24, 2.45) is 0 Å². The molecule has 6 nitrogen and oxygen atoms in total. The van der Waals surface area contributed by atoms with Gasteiger partial charge in [0.2, 0.25) is 5.75 Å². The van der Waals surface area contributed by atoms with E-state index in [9.17, 15) is 20.1 Å². The molecule has 0 radical (unpaired) electrons. The summed E-state index contributed by atoms with van der Waals surface area (Å²) >= 11 is 0. The number of fused-ring (bicyclic) bond motifs is 1. The number of carbonyl (C=O) groups is 1. The molecule has 1 aliphatic heterocycles. The Kier molecular flexibility index (Phi) is 3.14. The van der Waals surface area contributed by atoms with Crippen LogP contribution in [0.1, 0.15) is 11.1 Å². The minimum atomic E-state index is -0.619. The minimum absolute atomic E-state index is 0.0362. The van der Waals surface area contributed by atoms with E-state index in [1.165, 1.54) is 19.2 Å². The lowest BCUT2D eigenvalue weighted by atomic mass is 10.0. The molecule has 0 amide bonds. The Morgan fingerprint density at radius 1 is 1.14 bits per heavy atom. The number of esters is 1. The number of benzene rings is 2. The van der Waals surface area contributed by atoms with E-state index in [2.05, 4.69) is 0 Å². The molecule has 22 heavy (non-hydrogen) atoms. The lowest BCUT2D eigenvalue weighted by molar-refractivity contribution is -0.126. The van der Waals surface area contributed by atoms with Crippen LogP contribution in [0.2, 0.25) is 0 Å². The molecule has 1 heterocycles. The number of phenols is 3. The number of hydrogen-bond acceptors (Lipinski definition) is 6. The van der Waals surface area contributed by atoms with Gasteiger partial charge in [-0.25, -0.2) is 4.79 Å². The molecule has 0 spiro atoms. The quantitative estimate of drug-likeness (QED) is 0.341. The SMILES string of the molecule is COc1c(O)c(O)cc2c1/C(=C\c1ccc(O)cc1)C(=O)O2. The summed E-state index contributed by atoms with van der Waals surface area (Å²) < 4.78 is 10.2. The summed E-state index contributed by atoms with van der Waals surface area (Å²) in [5.74, 6) is -1.33. The molecular weight excluding hydrogens is 288 g/mol. The van der Waals surface area contributed by atoms with Crippen molar-refractivity contribution in [1.82, 2.24) is 0 Å². The Hall–Kier alpha value is -3.15. The van der Waals surface area contributed by atoms with Gasteiger partial charge in [0, 0.05) is 6.07 Å². The second-order valence-corrected chi connectivity index (χ2v) is 4.69. The Labute approximate surface area is 125 Å². The van der Waals surface area contributed by atoms with Gasteiger partial charge in [0.15, 0.2) is 11.5 Å². The van der Waals surface area contributed by atoms with E-state index in [4.69, 9.17) is 9.47 Å². The van der Waals surface area contributed by atoms with Gasteiger partial charge in [-0.2, -0.15) is 0 Å².